The number of hydrogen-bond acceptors (Lipinski definition) is 8. The monoisotopic (exact) mass is 964 g/mol. The van der Waals surface area contributed by atoms with Gasteiger partial charge in [-0.3, -0.25) is 4.79 Å². The van der Waals surface area contributed by atoms with E-state index in [4.69, 9.17) is 9.47 Å². The number of carbonyl (C=O) groups excluding carboxylic acids is 1. The molecule has 1 aliphatic rings. The van der Waals surface area contributed by atoms with Gasteiger partial charge in [0.15, 0.2) is 6.29 Å². The lowest BCUT2D eigenvalue weighted by atomic mass is 9.99. The van der Waals surface area contributed by atoms with Crippen molar-refractivity contribution < 1.29 is 39.8 Å². The Morgan fingerprint density at radius 3 is 1.26 bits per heavy atom. The zero-order chi connectivity index (χ0) is 49.4. The van der Waals surface area contributed by atoms with E-state index in [9.17, 15) is 30.3 Å². The van der Waals surface area contributed by atoms with Crippen molar-refractivity contribution >= 4 is 5.91 Å². The molecule has 0 aliphatic carbocycles. The summed E-state index contributed by atoms with van der Waals surface area (Å²) in [5.41, 5.74) is 0. The Kier molecular flexibility index (Phi) is 46.9. The van der Waals surface area contributed by atoms with Gasteiger partial charge in [-0.25, -0.2) is 0 Å². The Bertz CT molecular complexity index is 1120. The van der Waals surface area contributed by atoms with Crippen molar-refractivity contribution in [1.29, 1.82) is 0 Å². The van der Waals surface area contributed by atoms with Crippen molar-refractivity contribution in [2.24, 2.45) is 0 Å². The average Bonchev–Trinajstić information content (AvgIpc) is 3.34. The summed E-state index contributed by atoms with van der Waals surface area (Å²) in [7, 11) is 0. The molecule has 1 saturated heterocycles. The van der Waals surface area contributed by atoms with Crippen LogP contribution in [-0.4, -0.2) is 87.5 Å². The first-order valence-corrected chi connectivity index (χ1v) is 29.5. The van der Waals surface area contributed by atoms with E-state index in [0.29, 0.717) is 12.8 Å². The fourth-order valence-electron chi connectivity index (χ4n) is 9.61. The molecule has 1 rings (SSSR count). The molecular formula is C59H113NO8. The molecule has 1 amide bonds. The molecule has 7 atom stereocenters. The third kappa shape index (κ3) is 38.4. The molecule has 0 aromatic carbocycles. The molecule has 0 aromatic rings. The number of aliphatic hydroxyl groups excluding tert-OH is 5. The SMILES string of the molecule is CCCCCCC/C=C\C/C=C\CCCCCCCCCCCCCCCCCCCCCCCC(=O)NC(COC1OC(CO)C(O)C(O)C1O)C(O)CCCCCCCCCCCCCC. The van der Waals surface area contributed by atoms with Gasteiger partial charge in [-0.05, 0) is 44.9 Å². The maximum atomic E-state index is 13.0. The van der Waals surface area contributed by atoms with E-state index >= 15 is 0 Å². The number of aliphatic hydroxyl groups is 5. The highest BCUT2D eigenvalue weighted by Crippen LogP contribution is 2.23. The first-order valence-electron chi connectivity index (χ1n) is 29.5. The molecule has 9 heteroatoms. The zero-order valence-corrected chi connectivity index (χ0v) is 44.6. The van der Waals surface area contributed by atoms with E-state index in [-0.39, 0.29) is 12.5 Å². The van der Waals surface area contributed by atoms with Crippen molar-refractivity contribution in [3.05, 3.63) is 24.3 Å². The largest absolute Gasteiger partial charge is 0.394 e. The van der Waals surface area contributed by atoms with Gasteiger partial charge in [0.2, 0.25) is 5.91 Å². The average molecular weight is 965 g/mol. The smallest absolute Gasteiger partial charge is 0.220 e. The van der Waals surface area contributed by atoms with Gasteiger partial charge in [0.25, 0.3) is 0 Å². The first-order chi connectivity index (χ1) is 33.3. The minimum absolute atomic E-state index is 0.134. The summed E-state index contributed by atoms with van der Waals surface area (Å²) in [6.07, 6.45) is 55.1. The van der Waals surface area contributed by atoms with Crippen molar-refractivity contribution in [3.8, 4) is 0 Å². The van der Waals surface area contributed by atoms with Gasteiger partial charge in [0.05, 0.1) is 25.4 Å². The van der Waals surface area contributed by atoms with Crippen LogP contribution in [0.15, 0.2) is 24.3 Å². The summed E-state index contributed by atoms with van der Waals surface area (Å²) in [5, 5.41) is 54.5. The first kappa shape index (κ1) is 64.7. The molecule has 6 N–H and O–H groups in total. The molecule has 0 saturated carbocycles. The molecule has 0 bridgehead atoms. The number of nitrogens with one attached hydrogen (secondary N) is 1. The van der Waals surface area contributed by atoms with E-state index < -0.39 is 49.5 Å². The van der Waals surface area contributed by atoms with E-state index in [1.54, 1.807) is 0 Å². The number of rotatable bonds is 51. The van der Waals surface area contributed by atoms with E-state index in [0.717, 1.165) is 44.9 Å². The van der Waals surface area contributed by atoms with Crippen LogP contribution in [0.2, 0.25) is 0 Å². The number of carbonyl (C=O) groups is 1. The molecule has 402 valence electrons. The van der Waals surface area contributed by atoms with Gasteiger partial charge < -0.3 is 40.3 Å². The molecule has 1 fully saturated rings. The van der Waals surface area contributed by atoms with Gasteiger partial charge in [-0.1, -0.05) is 263 Å². The van der Waals surface area contributed by atoms with Crippen LogP contribution in [0, 0.1) is 0 Å². The third-order valence-corrected chi connectivity index (χ3v) is 14.3. The zero-order valence-electron chi connectivity index (χ0n) is 44.6. The molecule has 68 heavy (non-hydrogen) atoms. The summed E-state index contributed by atoms with van der Waals surface area (Å²) in [4.78, 5) is 13.0. The normalized spacial score (nSPS) is 19.7. The van der Waals surface area contributed by atoms with Crippen LogP contribution in [0.5, 0.6) is 0 Å². The van der Waals surface area contributed by atoms with Crippen LogP contribution in [0.1, 0.15) is 290 Å². The minimum Gasteiger partial charge on any atom is -0.394 e. The highest BCUT2D eigenvalue weighted by Gasteiger charge is 2.44. The standard InChI is InChI=1S/C59H113NO8/c1-3-5-7-9-11-13-15-17-18-19-20-21-22-23-24-25-26-27-28-29-30-31-32-33-34-35-36-37-39-41-43-45-47-49-55(63)60-52(51-67-59-58(66)57(65)56(64)54(50-61)68-59)53(62)48-46-44-42-40-38-16-14-12-10-8-6-4-2/h15,17,19-20,52-54,56-59,61-62,64-66H,3-14,16,18,21-51H2,1-2H3,(H,60,63)/b17-15-,20-19-. The number of ether oxygens (including phenoxy) is 2. The predicted octanol–water partition coefficient (Wildman–Crippen LogP) is 14.6. The van der Waals surface area contributed by atoms with Crippen LogP contribution < -0.4 is 5.32 Å². The summed E-state index contributed by atoms with van der Waals surface area (Å²) >= 11 is 0. The lowest BCUT2D eigenvalue weighted by molar-refractivity contribution is -0.302. The Morgan fingerprint density at radius 2 is 0.868 bits per heavy atom. The fraction of sp³-hybridized carbons (Fsp3) is 0.915. The van der Waals surface area contributed by atoms with Crippen LogP contribution in [-0.2, 0) is 14.3 Å². The van der Waals surface area contributed by atoms with E-state index in [2.05, 4.69) is 43.5 Å². The van der Waals surface area contributed by atoms with Crippen molar-refractivity contribution in [1.82, 2.24) is 5.32 Å². The van der Waals surface area contributed by atoms with E-state index in [1.807, 2.05) is 0 Å². The van der Waals surface area contributed by atoms with E-state index in [1.165, 1.54) is 218 Å². The Balaban J connectivity index is 2.07. The van der Waals surface area contributed by atoms with Gasteiger partial charge >= 0.3 is 0 Å². The van der Waals surface area contributed by atoms with Crippen molar-refractivity contribution in [3.63, 3.8) is 0 Å². The second-order valence-corrected chi connectivity index (χ2v) is 20.8. The number of unbranched alkanes of at least 4 members (excludes halogenated alkanes) is 37. The van der Waals surface area contributed by atoms with Gasteiger partial charge in [-0.2, -0.15) is 0 Å². The van der Waals surface area contributed by atoms with Gasteiger partial charge in [-0.15, -0.1) is 0 Å². The molecule has 1 aliphatic heterocycles. The van der Waals surface area contributed by atoms with Crippen LogP contribution in [0.4, 0.5) is 0 Å². The van der Waals surface area contributed by atoms with Crippen molar-refractivity contribution in [2.45, 2.75) is 333 Å². The molecule has 0 radical (unpaired) electrons. The topological polar surface area (TPSA) is 149 Å². The van der Waals surface area contributed by atoms with Crippen LogP contribution >= 0.6 is 0 Å². The second-order valence-electron chi connectivity index (χ2n) is 20.8. The Morgan fingerprint density at radius 1 is 0.500 bits per heavy atom. The maximum absolute atomic E-state index is 13.0. The highest BCUT2D eigenvalue weighted by molar-refractivity contribution is 5.76. The highest BCUT2D eigenvalue weighted by atomic mass is 16.7. The van der Waals surface area contributed by atoms with Gasteiger partial charge in [0, 0.05) is 6.42 Å². The summed E-state index contributed by atoms with van der Waals surface area (Å²) in [6.45, 7) is 3.84. The predicted molar refractivity (Wildman–Crippen MR) is 286 cm³/mol. The molecule has 0 aromatic heterocycles. The number of amides is 1. The quantitative estimate of drug-likeness (QED) is 0.0261. The van der Waals surface area contributed by atoms with Crippen molar-refractivity contribution in [2.75, 3.05) is 13.2 Å². The lowest BCUT2D eigenvalue weighted by Crippen LogP contribution is -2.60. The third-order valence-electron chi connectivity index (χ3n) is 14.3. The summed E-state index contributed by atoms with van der Waals surface area (Å²) in [6, 6.07) is -0.715. The van der Waals surface area contributed by atoms with Gasteiger partial charge in [0.1, 0.15) is 24.4 Å². The summed E-state index contributed by atoms with van der Waals surface area (Å²) < 4.78 is 11.3. The van der Waals surface area contributed by atoms with Crippen LogP contribution in [0.25, 0.3) is 0 Å². The Labute approximate surface area is 419 Å². The molecule has 7 unspecified atom stereocenters. The minimum atomic E-state index is -1.55. The Hall–Kier alpha value is -1.33. The maximum Gasteiger partial charge on any atom is 0.220 e. The number of hydrogen-bond donors (Lipinski definition) is 6. The van der Waals surface area contributed by atoms with Crippen LogP contribution in [0.3, 0.4) is 0 Å². The molecular weight excluding hydrogens is 851 g/mol. The fourth-order valence-corrected chi connectivity index (χ4v) is 9.61. The second kappa shape index (κ2) is 49.3. The number of allylic oxidation sites excluding steroid dienone is 4. The molecule has 9 nitrogen and oxygen atoms in total. The summed E-state index contributed by atoms with van der Waals surface area (Å²) in [5.74, 6) is -0.140. The molecule has 0 spiro atoms. The lowest BCUT2D eigenvalue weighted by Gasteiger charge is -2.40. The molecule has 1 heterocycles.